The number of carbonyl (C=O) groups excluding carboxylic acids is 1. The number of quaternary nitrogens is 1. The average Bonchev–Trinajstić information content (AvgIpc) is 1.63. The Morgan fingerprint density at radius 2 is 2.00 bits per heavy atom. The van der Waals surface area contributed by atoms with Gasteiger partial charge in [0.1, 0.15) is 5.25 Å². The van der Waals surface area contributed by atoms with Crippen LogP contribution in [0.25, 0.3) is 0 Å². The van der Waals surface area contributed by atoms with Crippen molar-refractivity contribution in [3.8, 4) is 0 Å². The van der Waals surface area contributed by atoms with Gasteiger partial charge in [0.05, 0.1) is 0 Å². The largest absolute Gasteiger partial charge is 0.480 e. The zero-order valence-corrected chi connectivity index (χ0v) is 6.47. The minimum absolute atomic E-state index is 0. The third-order valence-electron chi connectivity index (χ3n) is 0.680. The molecule has 10 heavy (non-hydrogen) atoms. The normalized spacial score (nSPS) is 11.3. The minimum Gasteiger partial charge on any atom is -0.480 e. The van der Waals surface area contributed by atoms with E-state index in [0.29, 0.717) is 0 Å². The average molecular weight is 167 g/mol. The first-order chi connectivity index (χ1) is 4.04. The first kappa shape index (κ1) is 12.0. The molecule has 0 aromatic heterocycles. The molecule has 0 aliphatic carbocycles. The smallest absolute Gasteiger partial charge is 0.316 e. The predicted octanol–water partition coefficient (Wildman–Crippen LogP) is -0.379. The van der Waals surface area contributed by atoms with Gasteiger partial charge in [-0.15, -0.1) is 0 Å². The molecule has 0 radical (unpaired) electrons. The van der Waals surface area contributed by atoms with Crippen LogP contribution in [-0.2, 0) is 9.59 Å². The number of aliphatic carboxylic acids is 1. The molecule has 0 saturated carbocycles. The molecule has 1 amide bonds. The molecule has 6 heteroatoms. The first-order valence-electron chi connectivity index (χ1n) is 2.23. The lowest BCUT2D eigenvalue weighted by Gasteiger charge is -1.98. The molecule has 0 rings (SSSR count). The molecule has 0 aromatic rings. The Balaban J connectivity index is 0. The van der Waals surface area contributed by atoms with Crippen LogP contribution in [0, 0.1) is 0 Å². The Bertz CT molecular complexity index is 138. The van der Waals surface area contributed by atoms with Crippen LogP contribution in [0.1, 0.15) is 6.42 Å². The Kier molecular flexibility index (Phi) is 6.07. The van der Waals surface area contributed by atoms with E-state index in [2.05, 4.69) is 18.4 Å². The van der Waals surface area contributed by atoms with E-state index in [1.165, 1.54) is 0 Å². The second-order valence-corrected chi connectivity index (χ2v) is 2.15. The maximum atomic E-state index is 10.0. The zero-order chi connectivity index (χ0) is 7.44. The predicted molar refractivity (Wildman–Crippen MR) is 40.2 cm³/mol. The van der Waals surface area contributed by atoms with Crippen molar-refractivity contribution in [1.29, 1.82) is 0 Å². The van der Waals surface area contributed by atoms with E-state index < -0.39 is 17.1 Å². The van der Waals surface area contributed by atoms with Crippen LogP contribution >= 0.6 is 12.6 Å². The molecular formula is C4H11N2O3S+. The summed E-state index contributed by atoms with van der Waals surface area (Å²) in [5.41, 5.74) is 4.68. The highest BCUT2D eigenvalue weighted by atomic mass is 32.1. The number of hydrogen-bond acceptors (Lipinski definition) is 3. The van der Waals surface area contributed by atoms with Gasteiger partial charge >= 0.3 is 5.97 Å². The molecule has 0 unspecified atom stereocenters. The van der Waals surface area contributed by atoms with E-state index in [1.54, 1.807) is 0 Å². The monoisotopic (exact) mass is 167 g/mol. The third kappa shape index (κ3) is 5.39. The standard InChI is InChI=1S/C4H7NO3S.H3N/c5-3(6)1-2(9)4(7)8;/h2,9H,1H2,(H2,5,6)(H,7,8);1H3/p+1/t2-;/m0./s1. The van der Waals surface area contributed by atoms with Crippen molar-refractivity contribution in [3.05, 3.63) is 0 Å². The number of amides is 1. The van der Waals surface area contributed by atoms with Crippen molar-refractivity contribution in [3.63, 3.8) is 0 Å². The van der Waals surface area contributed by atoms with Crippen molar-refractivity contribution in [2.45, 2.75) is 11.7 Å². The quantitative estimate of drug-likeness (QED) is 0.429. The highest BCUT2D eigenvalue weighted by Gasteiger charge is 2.13. The molecule has 0 bridgehead atoms. The van der Waals surface area contributed by atoms with Crippen LogP contribution in [0.2, 0.25) is 0 Å². The van der Waals surface area contributed by atoms with Crippen LogP contribution in [0.15, 0.2) is 0 Å². The van der Waals surface area contributed by atoms with Gasteiger partial charge in [0.2, 0.25) is 5.91 Å². The van der Waals surface area contributed by atoms with E-state index in [9.17, 15) is 9.59 Å². The summed E-state index contributed by atoms with van der Waals surface area (Å²) in [5, 5.41) is 7.18. The third-order valence-corrected chi connectivity index (χ3v) is 1.08. The van der Waals surface area contributed by atoms with Crippen LogP contribution in [0.4, 0.5) is 0 Å². The van der Waals surface area contributed by atoms with Crippen LogP contribution in [0.5, 0.6) is 0 Å². The van der Waals surface area contributed by atoms with Gasteiger partial charge in [-0.25, -0.2) is 0 Å². The highest BCUT2D eigenvalue weighted by Crippen LogP contribution is 1.98. The molecule has 7 N–H and O–H groups in total. The topological polar surface area (TPSA) is 117 Å². The Labute approximate surface area is 63.6 Å². The van der Waals surface area contributed by atoms with E-state index in [1.807, 2.05) is 0 Å². The molecule has 0 saturated heterocycles. The van der Waals surface area contributed by atoms with Crippen molar-refractivity contribution in [2.75, 3.05) is 0 Å². The summed E-state index contributed by atoms with van der Waals surface area (Å²) < 4.78 is 0. The molecule has 60 valence electrons. The summed E-state index contributed by atoms with van der Waals surface area (Å²) in [6.45, 7) is 0. The molecule has 5 nitrogen and oxygen atoms in total. The van der Waals surface area contributed by atoms with Crippen molar-refractivity contribution < 1.29 is 14.7 Å². The summed E-state index contributed by atoms with van der Waals surface area (Å²) in [7, 11) is 0. The summed E-state index contributed by atoms with van der Waals surface area (Å²) in [6.07, 6.45) is -0.224. The molecule has 0 aromatic carbocycles. The van der Waals surface area contributed by atoms with E-state index in [0.717, 1.165) is 0 Å². The molecule has 0 heterocycles. The number of carboxylic acids is 1. The number of carboxylic acid groups (broad SMARTS) is 1. The fourth-order valence-corrected chi connectivity index (χ4v) is 0.458. The summed E-state index contributed by atoms with van der Waals surface area (Å²) >= 11 is 3.56. The lowest BCUT2D eigenvalue weighted by Crippen LogP contribution is -2.22. The number of nitrogens with two attached hydrogens (primary N) is 1. The number of hydrogen-bond donors (Lipinski definition) is 4. The number of rotatable bonds is 3. The van der Waals surface area contributed by atoms with E-state index in [4.69, 9.17) is 5.11 Å². The highest BCUT2D eigenvalue weighted by molar-refractivity contribution is 7.81. The van der Waals surface area contributed by atoms with Gasteiger partial charge in [-0.05, 0) is 0 Å². The number of carbonyl (C=O) groups is 2. The molecular weight excluding hydrogens is 156 g/mol. The Morgan fingerprint density at radius 1 is 1.60 bits per heavy atom. The van der Waals surface area contributed by atoms with Crippen LogP contribution < -0.4 is 11.9 Å². The SMILES string of the molecule is NC(=O)C[C@H](S)C(=O)O.[NH4+]. The number of primary amides is 1. The molecule has 0 aliphatic heterocycles. The van der Waals surface area contributed by atoms with Gasteiger partial charge in [-0.1, -0.05) is 0 Å². The first-order valence-corrected chi connectivity index (χ1v) is 2.75. The molecule has 1 atom stereocenters. The van der Waals surface area contributed by atoms with Gasteiger partial charge < -0.3 is 17.0 Å². The van der Waals surface area contributed by atoms with E-state index >= 15 is 0 Å². The van der Waals surface area contributed by atoms with Gasteiger partial charge in [0, 0.05) is 6.42 Å². The fraction of sp³-hybridized carbons (Fsp3) is 0.500. The maximum Gasteiger partial charge on any atom is 0.316 e. The molecule has 0 spiro atoms. The van der Waals surface area contributed by atoms with E-state index in [-0.39, 0.29) is 12.6 Å². The van der Waals surface area contributed by atoms with Gasteiger partial charge in [-0.3, -0.25) is 9.59 Å². The summed E-state index contributed by atoms with van der Waals surface area (Å²) in [5.74, 6) is -1.78. The van der Waals surface area contributed by atoms with Crippen molar-refractivity contribution in [2.24, 2.45) is 5.73 Å². The second-order valence-electron chi connectivity index (χ2n) is 1.52. The number of thiol groups is 1. The Morgan fingerprint density at radius 3 is 2.10 bits per heavy atom. The van der Waals surface area contributed by atoms with Gasteiger partial charge in [0.15, 0.2) is 0 Å². The van der Waals surface area contributed by atoms with Gasteiger partial charge in [-0.2, -0.15) is 12.6 Å². The van der Waals surface area contributed by atoms with Crippen LogP contribution in [0.3, 0.4) is 0 Å². The van der Waals surface area contributed by atoms with Crippen molar-refractivity contribution in [1.82, 2.24) is 6.15 Å². The summed E-state index contributed by atoms with van der Waals surface area (Å²) in [6, 6.07) is 0. The van der Waals surface area contributed by atoms with Gasteiger partial charge in [0.25, 0.3) is 0 Å². The lowest BCUT2D eigenvalue weighted by molar-refractivity contribution is -0.137. The van der Waals surface area contributed by atoms with Crippen LogP contribution in [-0.4, -0.2) is 22.2 Å². The fourth-order valence-electron chi connectivity index (χ4n) is 0.278. The molecule has 0 aliphatic rings. The lowest BCUT2D eigenvalue weighted by atomic mass is 10.3. The maximum absolute atomic E-state index is 10.0. The zero-order valence-electron chi connectivity index (χ0n) is 5.57. The Hall–Kier alpha value is -0.750. The summed E-state index contributed by atoms with van der Waals surface area (Å²) in [4.78, 5) is 20.0. The molecule has 0 fully saturated rings. The second kappa shape index (κ2) is 5.07. The van der Waals surface area contributed by atoms with Crippen molar-refractivity contribution >= 4 is 24.5 Å². The minimum atomic E-state index is -1.13.